The van der Waals surface area contributed by atoms with E-state index in [1.54, 1.807) is 25.1 Å². The van der Waals surface area contributed by atoms with Crippen molar-refractivity contribution >= 4 is 10.0 Å². The maximum absolute atomic E-state index is 12.2. The van der Waals surface area contributed by atoms with Gasteiger partial charge in [-0.3, -0.25) is 0 Å². The van der Waals surface area contributed by atoms with Crippen LogP contribution in [0.4, 0.5) is 0 Å². The number of benzene rings is 2. The van der Waals surface area contributed by atoms with E-state index in [0.717, 1.165) is 11.3 Å². The fourth-order valence-electron chi connectivity index (χ4n) is 2.23. The van der Waals surface area contributed by atoms with E-state index < -0.39 is 10.0 Å². The molecule has 0 aliphatic rings. The van der Waals surface area contributed by atoms with Crippen molar-refractivity contribution in [3.63, 3.8) is 0 Å². The third-order valence-electron chi connectivity index (χ3n) is 3.59. The summed E-state index contributed by atoms with van der Waals surface area (Å²) in [6, 6.07) is 14.8. The molecule has 0 spiro atoms. The molecule has 0 heterocycles. The Morgan fingerprint density at radius 2 is 1.70 bits per heavy atom. The van der Waals surface area contributed by atoms with E-state index in [4.69, 9.17) is 4.74 Å². The Labute approximate surface area is 138 Å². The molecule has 0 saturated heterocycles. The van der Waals surface area contributed by atoms with Gasteiger partial charge in [0.1, 0.15) is 12.4 Å². The molecule has 0 aromatic heterocycles. The minimum absolute atomic E-state index is 0.225. The molecule has 2 rings (SSSR count). The first-order chi connectivity index (χ1) is 10.9. The SMILES string of the molecule is Cc1ccccc1S(=O)(=O)NCCOc1ccc(C(C)C)cc1. The molecule has 0 unspecified atom stereocenters. The average Bonchev–Trinajstić information content (AvgIpc) is 2.52. The van der Waals surface area contributed by atoms with Gasteiger partial charge in [-0.2, -0.15) is 0 Å². The third kappa shape index (κ3) is 4.81. The van der Waals surface area contributed by atoms with Gasteiger partial charge in [0.2, 0.25) is 10.0 Å². The number of nitrogens with one attached hydrogen (secondary N) is 1. The van der Waals surface area contributed by atoms with Crippen molar-refractivity contribution in [2.24, 2.45) is 0 Å². The molecule has 5 heteroatoms. The number of sulfonamides is 1. The molecule has 0 radical (unpaired) electrons. The molecule has 0 saturated carbocycles. The van der Waals surface area contributed by atoms with Crippen molar-refractivity contribution in [2.75, 3.05) is 13.2 Å². The zero-order valence-electron chi connectivity index (χ0n) is 13.7. The van der Waals surface area contributed by atoms with E-state index in [9.17, 15) is 8.42 Å². The van der Waals surface area contributed by atoms with Crippen LogP contribution in [0, 0.1) is 6.92 Å². The first kappa shape index (κ1) is 17.5. The van der Waals surface area contributed by atoms with Gasteiger partial charge in [0.05, 0.1) is 4.90 Å². The topological polar surface area (TPSA) is 55.4 Å². The molecule has 1 N–H and O–H groups in total. The second-order valence-corrected chi connectivity index (χ2v) is 7.47. The number of hydrogen-bond donors (Lipinski definition) is 1. The van der Waals surface area contributed by atoms with Crippen LogP contribution in [0.15, 0.2) is 53.4 Å². The van der Waals surface area contributed by atoms with Crippen LogP contribution in [-0.2, 0) is 10.0 Å². The monoisotopic (exact) mass is 333 g/mol. The Bertz CT molecular complexity index is 737. The van der Waals surface area contributed by atoms with Crippen LogP contribution in [0.3, 0.4) is 0 Å². The third-order valence-corrected chi connectivity index (χ3v) is 5.21. The molecule has 0 bridgehead atoms. The number of aryl methyl sites for hydroxylation is 1. The molecule has 0 amide bonds. The van der Waals surface area contributed by atoms with Crippen molar-refractivity contribution in [2.45, 2.75) is 31.6 Å². The van der Waals surface area contributed by atoms with Gasteiger partial charge in [0, 0.05) is 6.54 Å². The smallest absolute Gasteiger partial charge is 0.240 e. The normalized spacial score (nSPS) is 11.7. The van der Waals surface area contributed by atoms with E-state index in [-0.39, 0.29) is 13.2 Å². The molecular weight excluding hydrogens is 310 g/mol. The predicted octanol–water partition coefficient (Wildman–Crippen LogP) is 3.48. The van der Waals surface area contributed by atoms with Crippen LogP contribution < -0.4 is 9.46 Å². The standard InChI is InChI=1S/C18H23NO3S/c1-14(2)16-8-10-17(11-9-16)22-13-12-19-23(20,21)18-7-5-4-6-15(18)3/h4-11,14,19H,12-13H2,1-3H3. The molecular formula is C18H23NO3S. The first-order valence-electron chi connectivity index (χ1n) is 7.68. The fourth-order valence-corrected chi connectivity index (χ4v) is 3.49. The highest BCUT2D eigenvalue weighted by Crippen LogP contribution is 2.18. The minimum Gasteiger partial charge on any atom is -0.492 e. The van der Waals surface area contributed by atoms with Crippen molar-refractivity contribution in [1.82, 2.24) is 4.72 Å². The quantitative estimate of drug-likeness (QED) is 0.789. The van der Waals surface area contributed by atoms with E-state index >= 15 is 0 Å². The molecule has 0 fully saturated rings. The van der Waals surface area contributed by atoms with Crippen LogP contribution in [0.25, 0.3) is 0 Å². The summed E-state index contributed by atoms with van der Waals surface area (Å²) >= 11 is 0. The lowest BCUT2D eigenvalue weighted by molar-refractivity contribution is 0.322. The van der Waals surface area contributed by atoms with Gasteiger partial charge in [-0.25, -0.2) is 13.1 Å². The summed E-state index contributed by atoms with van der Waals surface area (Å²) in [5.41, 5.74) is 1.97. The van der Waals surface area contributed by atoms with Crippen molar-refractivity contribution < 1.29 is 13.2 Å². The second-order valence-electron chi connectivity index (χ2n) is 5.74. The van der Waals surface area contributed by atoms with Crippen LogP contribution in [0.5, 0.6) is 5.75 Å². The summed E-state index contributed by atoms with van der Waals surface area (Å²) in [7, 11) is -3.49. The van der Waals surface area contributed by atoms with Gasteiger partial charge in [-0.15, -0.1) is 0 Å². The predicted molar refractivity (Wildman–Crippen MR) is 92.4 cm³/mol. The number of hydrogen-bond acceptors (Lipinski definition) is 3. The maximum Gasteiger partial charge on any atom is 0.240 e. The highest BCUT2D eigenvalue weighted by molar-refractivity contribution is 7.89. The summed E-state index contributed by atoms with van der Waals surface area (Å²) < 4.78 is 32.6. The average molecular weight is 333 g/mol. The molecule has 4 nitrogen and oxygen atoms in total. The molecule has 0 aliphatic heterocycles. The largest absolute Gasteiger partial charge is 0.492 e. The fraction of sp³-hybridized carbons (Fsp3) is 0.333. The van der Waals surface area contributed by atoms with Crippen molar-refractivity contribution in [3.05, 3.63) is 59.7 Å². The maximum atomic E-state index is 12.2. The van der Waals surface area contributed by atoms with Gasteiger partial charge >= 0.3 is 0 Å². The minimum atomic E-state index is -3.49. The number of rotatable bonds is 7. The lowest BCUT2D eigenvalue weighted by atomic mass is 10.0. The molecule has 0 atom stereocenters. The Hall–Kier alpha value is -1.85. The Morgan fingerprint density at radius 1 is 1.04 bits per heavy atom. The summed E-state index contributed by atoms with van der Waals surface area (Å²) in [6.45, 7) is 6.56. The highest BCUT2D eigenvalue weighted by Gasteiger charge is 2.15. The van der Waals surface area contributed by atoms with Gasteiger partial charge in [-0.05, 0) is 42.2 Å². The van der Waals surface area contributed by atoms with Crippen molar-refractivity contribution in [3.8, 4) is 5.75 Å². The Kier molecular flexibility index (Phi) is 5.80. The van der Waals surface area contributed by atoms with Crippen LogP contribution >= 0.6 is 0 Å². The molecule has 2 aromatic rings. The molecule has 2 aromatic carbocycles. The summed E-state index contributed by atoms with van der Waals surface area (Å²) in [5.74, 6) is 1.22. The van der Waals surface area contributed by atoms with Gasteiger partial charge in [-0.1, -0.05) is 44.2 Å². The van der Waals surface area contributed by atoms with Crippen molar-refractivity contribution in [1.29, 1.82) is 0 Å². The molecule has 124 valence electrons. The number of ether oxygens (including phenoxy) is 1. The van der Waals surface area contributed by atoms with E-state index in [0.29, 0.717) is 10.8 Å². The van der Waals surface area contributed by atoms with Gasteiger partial charge in [0.25, 0.3) is 0 Å². The summed E-state index contributed by atoms with van der Waals surface area (Å²) in [6.07, 6.45) is 0. The van der Waals surface area contributed by atoms with Crippen LogP contribution in [-0.4, -0.2) is 21.6 Å². The van der Waals surface area contributed by atoms with E-state index in [1.807, 2.05) is 30.3 Å². The van der Waals surface area contributed by atoms with E-state index in [2.05, 4.69) is 18.6 Å². The van der Waals surface area contributed by atoms with Crippen LogP contribution in [0.2, 0.25) is 0 Å². The lowest BCUT2D eigenvalue weighted by Crippen LogP contribution is -2.28. The Morgan fingerprint density at radius 3 is 2.30 bits per heavy atom. The summed E-state index contributed by atoms with van der Waals surface area (Å²) in [5, 5.41) is 0. The second kappa shape index (κ2) is 7.62. The Balaban J connectivity index is 1.86. The molecule has 0 aliphatic carbocycles. The van der Waals surface area contributed by atoms with Crippen LogP contribution in [0.1, 0.15) is 30.9 Å². The zero-order chi connectivity index (χ0) is 16.9. The lowest BCUT2D eigenvalue weighted by Gasteiger charge is -2.11. The van der Waals surface area contributed by atoms with E-state index in [1.165, 1.54) is 5.56 Å². The highest BCUT2D eigenvalue weighted by atomic mass is 32.2. The summed E-state index contributed by atoms with van der Waals surface area (Å²) in [4.78, 5) is 0.307. The zero-order valence-corrected chi connectivity index (χ0v) is 14.6. The van der Waals surface area contributed by atoms with Gasteiger partial charge in [0.15, 0.2) is 0 Å². The molecule has 23 heavy (non-hydrogen) atoms. The first-order valence-corrected chi connectivity index (χ1v) is 9.16. The van der Waals surface area contributed by atoms with Gasteiger partial charge < -0.3 is 4.74 Å².